The van der Waals surface area contributed by atoms with Crippen molar-refractivity contribution in [3.8, 4) is 11.4 Å². The topological polar surface area (TPSA) is 76.9 Å². The summed E-state index contributed by atoms with van der Waals surface area (Å²) in [5, 5.41) is 4.07. The van der Waals surface area contributed by atoms with Gasteiger partial charge in [0, 0.05) is 17.8 Å². The second kappa shape index (κ2) is 8.15. The van der Waals surface area contributed by atoms with Gasteiger partial charge >= 0.3 is 0 Å². The van der Waals surface area contributed by atoms with Gasteiger partial charge in [-0.1, -0.05) is 61.9 Å². The van der Waals surface area contributed by atoms with Crippen molar-refractivity contribution in [3.63, 3.8) is 0 Å². The van der Waals surface area contributed by atoms with Crippen molar-refractivity contribution in [3.05, 3.63) is 71.9 Å². The van der Waals surface area contributed by atoms with E-state index in [-0.39, 0.29) is 4.90 Å². The van der Waals surface area contributed by atoms with Gasteiger partial charge in [0.1, 0.15) is 5.82 Å². The van der Waals surface area contributed by atoms with E-state index in [9.17, 15) is 8.42 Å². The molecular formula is C24H26N4O2S. The van der Waals surface area contributed by atoms with Crippen molar-refractivity contribution in [2.24, 2.45) is 5.92 Å². The zero-order chi connectivity index (χ0) is 22.2. The molecule has 0 amide bonds. The molecule has 0 bridgehead atoms. The van der Waals surface area contributed by atoms with Crippen LogP contribution in [0.4, 0.5) is 5.82 Å². The third-order valence-corrected chi connectivity index (χ3v) is 6.87. The van der Waals surface area contributed by atoms with Crippen molar-refractivity contribution >= 4 is 26.9 Å². The Morgan fingerprint density at radius 3 is 2.29 bits per heavy atom. The summed E-state index contributed by atoms with van der Waals surface area (Å²) in [6.45, 7) is 8.65. The number of hydrogen-bond acceptors (Lipinski definition) is 5. The molecule has 160 valence electrons. The molecule has 4 aromatic rings. The Labute approximate surface area is 183 Å². The SMILES string of the molecule is Cc1ccc(S(=O)(=O)n2c(C)cc3c(NCC(C)C)nc(-c4ccccc4)nc32)cc1. The number of hydrogen-bond donors (Lipinski definition) is 1. The van der Waals surface area contributed by atoms with Gasteiger partial charge in [-0.3, -0.25) is 0 Å². The highest BCUT2D eigenvalue weighted by atomic mass is 32.2. The third-order valence-electron chi connectivity index (χ3n) is 5.06. The van der Waals surface area contributed by atoms with Crippen molar-refractivity contribution in [2.45, 2.75) is 32.6 Å². The Morgan fingerprint density at radius 2 is 1.65 bits per heavy atom. The number of aromatic nitrogens is 3. The fourth-order valence-electron chi connectivity index (χ4n) is 3.45. The molecule has 2 aromatic heterocycles. The summed E-state index contributed by atoms with van der Waals surface area (Å²) >= 11 is 0. The van der Waals surface area contributed by atoms with E-state index in [4.69, 9.17) is 9.97 Å². The second-order valence-corrected chi connectivity index (χ2v) is 9.93. The molecule has 0 radical (unpaired) electrons. The van der Waals surface area contributed by atoms with Crippen LogP contribution in [0.3, 0.4) is 0 Å². The molecular weight excluding hydrogens is 408 g/mol. The Balaban J connectivity index is 1.97. The van der Waals surface area contributed by atoms with E-state index in [0.717, 1.165) is 17.7 Å². The van der Waals surface area contributed by atoms with Gasteiger partial charge in [-0.15, -0.1) is 0 Å². The lowest BCUT2D eigenvalue weighted by Crippen LogP contribution is -2.16. The van der Waals surface area contributed by atoms with Crippen molar-refractivity contribution in [1.82, 2.24) is 13.9 Å². The molecule has 6 nitrogen and oxygen atoms in total. The van der Waals surface area contributed by atoms with Crippen LogP contribution in [0.15, 0.2) is 65.6 Å². The van der Waals surface area contributed by atoms with E-state index in [1.54, 1.807) is 31.2 Å². The molecule has 0 aliphatic heterocycles. The molecule has 2 aromatic carbocycles. The third kappa shape index (κ3) is 4.05. The van der Waals surface area contributed by atoms with Gasteiger partial charge in [0.2, 0.25) is 0 Å². The van der Waals surface area contributed by atoms with Crippen LogP contribution in [0, 0.1) is 19.8 Å². The van der Waals surface area contributed by atoms with Crippen molar-refractivity contribution in [1.29, 1.82) is 0 Å². The summed E-state index contributed by atoms with van der Waals surface area (Å²) in [7, 11) is -3.82. The summed E-state index contributed by atoms with van der Waals surface area (Å²) in [5.41, 5.74) is 2.79. The quantitative estimate of drug-likeness (QED) is 0.461. The van der Waals surface area contributed by atoms with Crippen LogP contribution in [0.25, 0.3) is 22.4 Å². The summed E-state index contributed by atoms with van der Waals surface area (Å²) in [5.74, 6) is 1.53. The zero-order valence-corrected chi connectivity index (χ0v) is 18.9. The Morgan fingerprint density at radius 1 is 0.968 bits per heavy atom. The lowest BCUT2D eigenvalue weighted by molar-refractivity contribution is 0.587. The van der Waals surface area contributed by atoms with E-state index < -0.39 is 10.0 Å². The summed E-state index contributed by atoms with van der Waals surface area (Å²) in [6.07, 6.45) is 0. The molecule has 0 aliphatic carbocycles. The number of anilines is 1. The lowest BCUT2D eigenvalue weighted by atomic mass is 10.2. The molecule has 0 fully saturated rings. The first kappa shape index (κ1) is 21.1. The van der Waals surface area contributed by atoms with E-state index >= 15 is 0 Å². The molecule has 2 heterocycles. The number of nitrogens with one attached hydrogen (secondary N) is 1. The van der Waals surface area contributed by atoms with Crippen molar-refractivity contribution < 1.29 is 8.42 Å². The summed E-state index contributed by atoms with van der Waals surface area (Å²) in [6, 6.07) is 18.3. The monoisotopic (exact) mass is 434 g/mol. The summed E-state index contributed by atoms with van der Waals surface area (Å²) < 4.78 is 28.4. The van der Waals surface area contributed by atoms with Crippen LogP contribution in [0.2, 0.25) is 0 Å². The molecule has 1 N–H and O–H groups in total. The first-order chi connectivity index (χ1) is 14.8. The van der Waals surface area contributed by atoms with Gasteiger partial charge in [-0.25, -0.2) is 22.4 Å². The Hall–Kier alpha value is -3.19. The normalized spacial score (nSPS) is 11.9. The molecule has 4 rings (SSSR count). The van der Waals surface area contributed by atoms with Gasteiger partial charge in [-0.2, -0.15) is 0 Å². The fraction of sp³-hybridized carbons (Fsp3) is 0.250. The molecule has 0 spiro atoms. The highest BCUT2D eigenvalue weighted by Gasteiger charge is 2.25. The smallest absolute Gasteiger partial charge is 0.269 e. The Kier molecular flexibility index (Phi) is 5.54. The first-order valence-corrected chi connectivity index (χ1v) is 11.7. The molecule has 7 heteroatoms. The lowest BCUT2D eigenvalue weighted by Gasteiger charge is -2.13. The van der Waals surface area contributed by atoms with Gasteiger partial charge < -0.3 is 5.32 Å². The molecule has 0 aliphatic rings. The van der Waals surface area contributed by atoms with E-state index in [0.29, 0.717) is 34.3 Å². The molecule has 0 saturated heterocycles. The largest absolute Gasteiger partial charge is 0.369 e. The summed E-state index contributed by atoms with van der Waals surface area (Å²) in [4.78, 5) is 9.66. The predicted octanol–water partition coefficient (Wildman–Crippen LogP) is 5.02. The van der Waals surface area contributed by atoms with Crippen molar-refractivity contribution in [2.75, 3.05) is 11.9 Å². The first-order valence-electron chi connectivity index (χ1n) is 10.3. The van der Waals surface area contributed by atoms with Crippen LogP contribution in [0.1, 0.15) is 25.1 Å². The highest BCUT2D eigenvalue weighted by Crippen LogP contribution is 2.31. The van der Waals surface area contributed by atoms with Crippen LogP contribution >= 0.6 is 0 Å². The van der Waals surface area contributed by atoms with E-state index in [2.05, 4.69) is 19.2 Å². The Bertz CT molecular complexity index is 1330. The van der Waals surface area contributed by atoms with Crippen LogP contribution in [-0.4, -0.2) is 28.9 Å². The average molecular weight is 435 g/mol. The van der Waals surface area contributed by atoms with Crippen LogP contribution < -0.4 is 5.32 Å². The molecule has 0 unspecified atom stereocenters. The van der Waals surface area contributed by atoms with Crippen LogP contribution in [0.5, 0.6) is 0 Å². The minimum absolute atomic E-state index is 0.232. The van der Waals surface area contributed by atoms with Gasteiger partial charge in [0.25, 0.3) is 10.0 Å². The maximum Gasteiger partial charge on any atom is 0.269 e. The van der Waals surface area contributed by atoms with Gasteiger partial charge in [-0.05, 0) is 38.0 Å². The number of rotatable bonds is 6. The number of aryl methyl sites for hydroxylation is 2. The fourth-order valence-corrected chi connectivity index (χ4v) is 4.94. The second-order valence-electron chi connectivity index (χ2n) is 8.14. The molecule has 31 heavy (non-hydrogen) atoms. The minimum Gasteiger partial charge on any atom is -0.369 e. The molecule has 0 atom stereocenters. The maximum atomic E-state index is 13.5. The van der Waals surface area contributed by atoms with E-state index in [1.165, 1.54) is 3.97 Å². The number of nitrogens with zero attached hydrogens (tertiary/aromatic N) is 3. The minimum atomic E-state index is -3.82. The van der Waals surface area contributed by atoms with Gasteiger partial charge in [0.15, 0.2) is 11.5 Å². The highest BCUT2D eigenvalue weighted by molar-refractivity contribution is 7.90. The van der Waals surface area contributed by atoms with Crippen LogP contribution in [-0.2, 0) is 10.0 Å². The standard InChI is InChI=1S/C24H26N4O2S/c1-16(2)15-25-23-21-14-18(4)28(31(29,30)20-12-10-17(3)11-13-20)24(21)27-22(26-23)19-8-6-5-7-9-19/h5-14,16H,15H2,1-4H3,(H,25,26,27). The van der Waals surface area contributed by atoms with Gasteiger partial charge in [0.05, 0.1) is 10.3 Å². The average Bonchev–Trinajstić information content (AvgIpc) is 3.09. The van der Waals surface area contributed by atoms with E-state index in [1.807, 2.05) is 43.3 Å². The molecule has 0 saturated carbocycles. The predicted molar refractivity (Wildman–Crippen MR) is 125 cm³/mol. The maximum absolute atomic E-state index is 13.5. The number of benzene rings is 2. The zero-order valence-electron chi connectivity index (χ0n) is 18.1. The number of fused-ring (bicyclic) bond motifs is 1.